The number of carbonyl (C=O) groups is 2. The molecule has 4 rings (SSSR count). The van der Waals surface area contributed by atoms with E-state index >= 15 is 0 Å². The second-order valence-corrected chi connectivity index (χ2v) is 14.5. The van der Waals surface area contributed by atoms with Crippen LogP contribution in [0.5, 0.6) is 5.75 Å². The molecule has 0 aliphatic rings. The largest absolute Gasteiger partial charge is 0.494 e. The lowest BCUT2D eigenvalue weighted by Crippen LogP contribution is -2.53. The van der Waals surface area contributed by atoms with Crippen LogP contribution in [0.15, 0.2) is 112 Å². The van der Waals surface area contributed by atoms with E-state index in [1.165, 1.54) is 17.0 Å². The summed E-state index contributed by atoms with van der Waals surface area (Å²) in [5.74, 6) is -0.0368. The summed E-state index contributed by atoms with van der Waals surface area (Å²) in [5, 5.41) is 3.01. The van der Waals surface area contributed by atoms with E-state index in [4.69, 9.17) is 4.74 Å². The number of amides is 2. The summed E-state index contributed by atoms with van der Waals surface area (Å²) in [4.78, 5) is 30.0. The first kappa shape index (κ1) is 35.7. The third-order valence-electron chi connectivity index (χ3n) is 7.55. The van der Waals surface area contributed by atoms with Gasteiger partial charge in [-0.15, -0.1) is 0 Å². The number of nitrogens with zero attached hydrogens (tertiary/aromatic N) is 2. The Hall–Kier alpha value is -4.15. The topological polar surface area (TPSA) is 96.0 Å². The molecule has 47 heavy (non-hydrogen) atoms. The summed E-state index contributed by atoms with van der Waals surface area (Å²) in [7, 11) is -4.21. The maximum atomic E-state index is 14.6. The molecule has 0 bridgehead atoms. The van der Waals surface area contributed by atoms with Gasteiger partial charge < -0.3 is 15.0 Å². The number of hydrogen-bond acceptors (Lipinski definition) is 5. The van der Waals surface area contributed by atoms with Gasteiger partial charge >= 0.3 is 0 Å². The molecule has 0 heterocycles. The molecular weight excluding hydrogens is 678 g/mol. The van der Waals surface area contributed by atoms with Crippen molar-refractivity contribution in [2.75, 3.05) is 24.0 Å². The van der Waals surface area contributed by atoms with Gasteiger partial charge in [-0.2, -0.15) is 0 Å². The second kappa shape index (κ2) is 16.6. The van der Waals surface area contributed by atoms with Gasteiger partial charge in [-0.3, -0.25) is 13.9 Å². The van der Waals surface area contributed by atoms with Crippen molar-refractivity contribution in [1.29, 1.82) is 0 Å². The number of sulfonamides is 1. The van der Waals surface area contributed by atoms with Gasteiger partial charge in [0.05, 0.1) is 17.2 Å². The highest BCUT2D eigenvalue weighted by atomic mass is 79.9. The van der Waals surface area contributed by atoms with E-state index in [1.807, 2.05) is 82.3 Å². The molecule has 4 aromatic rings. The van der Waals surface area contributed by atoms with Crippen LogP contribution in [0.1, 0.15) is 37.5 Å². The van der Waals surface area contributed by atoms with Gasteiger partial charge in [0.15, 0.2) is 0 Å². The Bertz CT molecular complexity index is 1710. The molecule has 0 radical (unpaired) electrons. The number of benzene rings is 4. The van der Waals surface area contributed by atoms with Crippen LogP contribution in [-0.4, -0.2) is 50.9 Å². The minimum atomic E-state index is -4.21. The molecule has 4 aromatic carbocycles. The van der Waals surface area contributed by atoms with E-state index in [1.54, 1.807) is 36.4 Å². The lowest BCUT2D eigenvalue weighted by atomic mass is 10.0. The zero-order chi connectivity index (χ0) is 34.0. The lowest BCUT2D eigenvalue weighted by molar-refractivity contribution is -0.140. The molecule has 0 fully saturated rings. The molecule has 0 spiro atoms. The number of aryl methyl sites for hydroxylation is 1. The van der Waals surface area contributed by atoms with Gasteiger partial charge in [-0.1, -0.05) is 89.9 Å². The first-order chi connectivity index (χ1) is 22.5. The van der Waals surface area contributed by atoms with Crippen LogP contribution in [0.2, 0.25) is 0 Å². The lowest BCUT2D eigenvalue weighted by Gasteiger charge is -2.34. The van der Waals surface area contributed by atoms with E-state index in [0.717, 1.165) is 25.5 Å². The minimum Gasteiger partial charge on any atom is -0.494 e. The summed E-state index contributed by atoms with van der Waals surface area (Å²) < 4.78 is 35.8. The van der Waals surface area contributed by atoms with Crippen LogP contribution in [0, 0.1) is 12.8 Å². The average molecular weight is 721 g/mol. The summed E-state index contributed by atoms with van der Waals surface area (Å²) in [6, 6.07) is 29.2. The summed E-state index contributed by atoms with van der Waals surface area (Å²) in [5.41, 5.74) is 3.06. The molecule has 0 unspecified atom stereocenters. The van der Waals surface area contributed by atoms with Gasteiger partial charge in [0, 0.05) is 24.0 Å². The summed E-state index contributed by atoms with van der Waals surface area (Å²) in [6.45, 7) is 8.32. The molecule has 8 nitrogen and oxygen atoms in total. The third-order valence-corrected chi connectivity index (χ3v) is 9.86. The quantitative estimate of drug-likeness (QED) is 0.147. The molecule has 248 valence electrons. The molecule has 2 amide bonds. The Balaban J connectivity index is 1.79. The fourth-order valence-electron chi connectivity index (χ4n) is 5.00. The molecule has 10 heteroatoms. The molecule has 0 saturated heterocycles. The predicted octanol–water partition coefficient (Wildman–Crippen LogP) is 6.76. The van der Waals surface area contributed by atoms with Crippen LogP contribution in [0.25, 0.3) is 0 Å². The standard InChI is InChI=1S/C37H42BrN3O5S/c1-5-46-33-19-17-32(18-20-33)41(47(44,45)34-21-15-31(38)16-22-34)26-36(42)40(25-30-13-11-28(4)12-14-30)35(37(43)39-24-27(2)3)23-29-9-7-6-8-10-29/h6-22,27,35H,5,23-26H2,1-4H3,(H,39,43)/t35-/m1/s1. The fourth-order valence-corrected chi connectivity index (χ4v) is 6.68. The molecule has 0 aromatic heterocycles. The number of nitrogens with one attached hydrogen (secondary N) is 1. The number of hydrogen-bond donors (Lipinski definition) is 1. The highest BCUT2D eigenvalue weighted by Gasteiger charge is 2.34. The smallest absolute Gasteiger partial charge is 0.264 e. The van der Waals surface area contributed by atoms with E-state index in [2.05, 4.69) is 21.2 Å². The molecule has 0 aliphatic carbocycles. The predicted molar refractivity (Wildman–Crippen MR) is 190 cm³/mol. The second-order valence-electron chi connectivity index (χ2n) is 11.7. The van der Waals surface area contributed by atoms with Crippen LogP contribution < -0.4 is 14.4 Å². The summed E-state index contributed by atoms with van der Waals surface area (Å²) >= 11 is 3.37. The Morgan fingerprint density at radius 3 is 2.09 bits per heavy atom. The Morgan fingerprint density at radius 1 is 0.851 bits per heavy atom. The Kier molecular flexibility index (Phi) is 12.6. The van der Waals surface area contributed by atoms with Crippen LogP contribution in [-0.2, 0) is 32.6 Å². The summed E-state index contributed by atoms with van der Waals surface area (Å²) in [6.07, 6.45) is 0.255. The SMILES string of the molecule is CCOc1ccc(N(CC(=O)N(Cc2ccc(C)cc2)[C@H](Cc2ccccc2)C(=O)NCC(C)C)S(=O)(=O)c2ccc(Br)cc2)cc1. The van der Waals surface area contributed by atoms with E-state index in [9.17, 15) is 18.0 Å². The van der Waals surface area contributed by atoms with Crippen LogP contribution in [0.4, 0.5) is 5.69 Å². The monoisotopic (exact) mass is 719 g/mol. The number of carbonyl (C=O) groups excluding carboxylic acids is 2. The maximum absolute atomic E-state index is 14.6. The van der Waals surface area contributed by atoms with Crippen molar-refractivity contribution in [3.8, 4) is 5.75 Å². The van der Waals surface area contributed by atoms with Crippen molar-refractivity contribution in [2.45, 2.75) is 51.6 Å². The van der Waals surface area contributed by atoms with Gasteiger partial charge in [0.1, 0.15) is 18.3 Å². The Labute approximate surface area is 286 Å². The zero-order valence-electron chi connectivity index (χ0n) is 27.2. The van der Waals surface area contributed by atoms with Crippen molar-refractivity contribution in [1.82, 2.24) is 10.2 Å². The first-order valence-electron chi connectivity index (χ1n) is 15.7. The van der Waals surface area contributed by atoms with E-state index < -0.39 is 28.5 Å². The highest BCUT2D eigenvalue weighted by molar-refractivity contribution is 9.10. The molecule has 0 saturated carbocycles. The number of anilines is 1. The Morgan fingerprint density at radius 2 is 1.49 bits per heavy atom. The van der Waals surface area contributed by atoms with Gasteiger partial charge in [-0.25, -0.2) is 8.42 Å². The van der Waals surface area contributed by atoms with Crippen LogP contribution in [0.3, 0.4) is 0 Å². The van der Waals surface area contributed by atoms with Crippen LogP contribution >= 0.6 is 15.9 Å². The number of ether oxygens (including phenoxy) is 1. The maximum Gasteiger partial charge on any atom is 0.264 e. The van der Waals surface area contributed by atoms with Crippen molar-refractivity contribution >= 4 is 43.5 Å². The third kappa shape index (κ3) is 9.92. The zero-order valence-corrected chi connectivity index (χ0v) is 29.6. The molecule has 1 atom stereocenters. The van der Waals surface area contributed by atoms with E-state index in [-0.39, 0.29) is 29.7 Å². The number of halogens is 1. The van der Waals surface area contributed by atoms with Gasteiger partial charge in [0.25, 0.3) is 10.0 Å². The van der Waals surface area contributed by atoms with Crippen molar-refractivity contribution in [3.63, 3.8) is 0 Å². The van der Waals surface area contributed by atoms with Gasteiger partial charge in [0.2, 0.25) is 11.8 Å². The first-order valence-corrected chi connectivity index (χ1v) is 17.9. The van der Waals surface area contributed by atoms with Crippen molar-refractivity contribution < 1.29 is 22.7 Å². The van der Waals surface area contributed by atoms with Gasteiger partial charge in [-0.05, 0) is 79.4 Å². The van der Waals surface area contributed by atoms with Crippen molar-refractivity contribution in [3.05, 3.63) is 124 Å². The normalized spacial score (nSPS) is 12.0. The fraction of sp³-hybridized carbons (Fsp3) is 0.297. The molecular formula is C37H42BrN3O5S. The van der Waals surface area contributed by atoms with E-state index in [0.29, 0.717) is 24.6 Å². The molecule has 0 aliphatic heterocycles. The average Bonchev–Trinajstić information content (AvgIpc) is 3.06. The minimum absolute atomic E-state index is 0.0305. The molecule has 1 N–H and O–H groups in total. The number of rotatable bonds is 15. The van der Waals surface area contributed by atoms with Crippen molar-refractivity contribution in [2.24, 2.45) is 5.92 Å². The highest BCUT2D eigenvalue weighted by Crippen LogP contribution is 2.28.